The Balaban J connectivity index is 2.63. The van der Waals surface area contributed by atoms with Crippen LogP contribution in [-0.2, 0) is 9.59 Å². The third-order valence-electron chi connectivity index (χ3n) is 3.58. The Hall–Kier alpha value is -1.10. The van der Waals surface area contributed by atoms with Gasteiger partial charge in [0, 0.05) is 24.5 Å². The Morgan fingerprint density at radius 1 is 1.37 bits per heavy atom. The van der Waals surface area contributed by atoms with Gasteiger partial charge in [-0.15, -0.1) is 0 Å². The van der Waals surface area contributed by atoms with Gasteiger partial charge in [0.1, 0.15) is 6.04 Å². The molecule has 2 unspecified atom stereocenters. The van der Waals surface area contributed by atoms with E-state index in [1.807, 2.05) is 25.7 Å². The second-order valence-corrected chi connectivity index (χ2v) is 6.36. The normalized spacial score (nSPS) is 21.9. The SMILES string of the molecule is CC(NC(=O)C(C)(C)C)C(=O)N1CCCCC1CN. The Morgan fingerprint density at radius 3 is 2.53 bits per heavy atom. The molecule has 19 heavy (non-hydrogen) atoms. The standard InChI is InChI=1S/C14H27N3O2/c1-10(16-13(19)14(2,3)4)12(18)17-8-6-5-7-11(17)9-15/h10-11H,5-9,15H2,1-4H3,(H,16,19). The number of hydrogen-bond donors (Lipinski definition) is 2. The summed E-state index contributed by atoms with van der Waals surface area (Å²) in [5.41, 5.74) is 5.24. The van der Waals surface area contributed by atoms with E-state index in [1.54, 1.807) is 6.92 Å². The minimum absolute atomic E-state index is 0.0206. The van der Waals surface area contributed by atoms with Gasteiger partial charge in [-0.3, -0.25) is 9.59 Å². The van der Waals surface area contributed by atoms with E-state index >= 15 is 0 Å². The topological polar surface area (TPSA) is 75.4 Å². The van der Waals surface area contributed by atoms with Gasteiger partial charge in [0.2, 0.25) is 11.8 Å². The minimum Gasteiger partial charge on any atom is -0.344 e. The number of piperidine rings is 1. The lowest BCUT2D eigenvalue weighted by atomic mass is 9.95. The van der Waals surface area contributed by atoms with Crippen molar-refractivity contribution < 1.29 is 9.59 Å². The van der Waals surface area contributed by atoms with Gasteiger partial charge < -0.3 is 16.0 Å². The Bertz CT molecular complexity index is 336. The molecule has 1 aliphatic rings. The number of rotatable bonds is 3. The van der Waals surface area contributed by atoms with Crippen molar-refractivity contribution in [2.24, 2.45) is 11.1 Å². The molecule has 2 amide bonds. The highest BCUT2D eigenvalue weighted by Gasteiger charge is 2.31. The zero-order chi connectivity index (χ0) is 14.6. The molecule has 1 aliphatic heterocycles. The molecule has 3 N–H and O–H groups in total. The third-order valence-corrected chi connectivity index (χ3v) is 3.58. The summed E-state index contributed by atoms with van der Waals surface area (Å²) in [7, 11) is 0. The summed E-state index contributed by atoms with van der Waals surface area (Å²) < 4.78 is 0. The summed E-state index contributed by atoms with van der Waals surface area (Å²) in [6.45, 7) is 8.49. The minimum atomic E-state index is -0.487. The van der Waals surface area contributed by atoms with Crippen molar-refractivity contribution in [2.45, 2.75) is 59.0 Å². The molecule has 0 aliphatic carbocycles. The van der Waals surface area contributed by atoms with Gasteiger partial charge in [-0.2, -0.15) is 0 Å². The maximum atomic E-state index is 12.4. The highest BCUT2D eigenvalue weighted by atomic mass is 16.2. The molecule has 1 rings (SSSR count). The van der Waals surface area contributed by atoms with Crippen LogP contribution in [0.15, 0.2) is 0 Å². The molecule has 5 heteroatoms. The van der Waals surface area contributed by atoms with Crippen molar-refractivity contribution >= 4 is 11.8 Å². The molecule has 1 fully saturated rings. The maximum Gasteiger partial charge on any atom is 0.245 e. The Labute approximate surface area is 115 Å². The van der Waals surface area contributed by atoms with Gasteiger partial charge in [-0.25, -0.2) is 0 Å². The number of likely N-dealkylation sites (tertiary alicyclic amines) is 1. The van der Waals surface area contributed by atoms with Crippen LogP contribution in [0.25, 0.3) is 0 Å². The first-order valence-electron chi connectivity index (χ1n) is 7.09. The highest BCUT2D eigenvalue weighted by Crippen LogP contribution is 2.18. The molecule has 0 spiro atoms. The van der Waals surface area contributed by atoms with Crippen molar-refractivity contribution in [1.82, 2.24) is 10.2 Å². The summed E-state index contributed by atoms with van der Waals surface area (Å²) in [4.78, 5) is 26.1. The summed E-state index contributed by atoms with van der Waals surface area (Å²) >= 11 is 0. The van der Waals surface area contributed by atoms with Crippen LogP contribution in [0, 0.1) is 5.41 Å². The van der Waals surface area contributed by atoms with E-state index in [-0.39, 0.29) is 17.9 Å². The van der Waals surface area contributed by atoms with Crippen LogP contribution < -0.4 is 11.1 Å². The van der Waals surface area contributed by atoms with E-state index in [0.717, 1.165) is 25.8 Å². The van der Waals surface area contributed by atoms with Crippen LogP contribution in [0.2, 0.25) is 0 Å². The van der Waals surface area contributed by atoms with Crippen LogP contribution in [-0.4, -0.2) is 41.9 Å². The first kappa shape index (κ1) is 16.0. The Morgan fingerprint density at radius 2 is 2.00 bits per heavy atom. The van der Waals surface area contributed by atoms with Crippen molar-refractivity contribution in [3.8, 4) is 0 Å². The summed E-state index contributed by atoms with van der Waals surface area (Å²) in [5, 5.41) is 2.79. The number of nitrogens with two attached hydrogens (primary N) is 1. The first-order valence-corrected chi connectivity index (χ1v) is 7.09. The number of nitrogens with one attached hydrogen (secondary N) is 1. The molecule has 2 atom stereocenters. The zero-order valence-corrected chi connectivity index (χ0v) is 12.5. The lowest BCUT2D eigenvalue weighted by Crippen LogP contribution is -2.55. The van der Waals surface area contributed by atoms with Gasteiger partial charge in [-0.05, 0) is 26.2 Å². The quantitative estimate of drug-likeness (QED) is 0.798. The van der Waals surface area contributed by atoms with E-state index in [9.17, 15) is 9.59 Å². The van der Waals surface area contributed by atoms with E-state index in [2.05, 4.69) is 5.32 Å². The van der Waals surface area contributed by atoms with E-state index < -0.39 is 11.5 Å². The van der Waals surface area contributed by atoms with E-state index in [1.165, 1.54) is 0 Å². The maximum absolute atomic E-state index is 12.4. The predicted molar refractivity (Wildman–Crippen MR) is 75.5 cm³/mol. The van der Waals surface area contributed by atoms with Gasteiger partial charge in [0.15, 0.2) is 0 Å². The molecular weight excluding hydrogens is 242 g/mol. The lowest BCUT2D eigenvalue weighted by molar-refractivity contribution is -0.140. The fourth-order valence-electron chi connectivity index (χ4n) is 2.26. The average molecular weight is 269 g/mol. The number of amides is 2. The van der Waals surface area contributed by atoms with Gasteiger partial charge in [-0.1, -0.05) is 20.8 Å². The van der Waals surface area contributed by atoms with E-state index in [4.69, 9.17) is 5.73 Å². The molecular formula is C14H27N3O2. The van der Waals surface area contributed by atoms with Crippen LogP contribution in [0.5, 0.6) is 0 Å². The third kappa shape index (κ3) is 4.20. The zero-order valence-electron chi connectivity index (χ0n) is 12.5. The van der Waals surface area contributed by atoms with Crippen molar-refractivity contribution in [3.63, 3.8) is 0 Å². The van der Waals surface area contributed by atoms with Gasteiger partial charge >= 0.3 is 0 Å². The monoisotopic (exact) mass is 269 g/mol. The van der Waals surface area contributed by atoms with Crippen molar-refractivity contribution in [1.29, 1.82) is 0 Å². The number of hydrogen-bond acceptors (Lipinski definition) is 3. The summed E-state index contributed by atoms with van der Waals surface area (Å²) in [6, 6.07) is -0.367. The van der Waals surface area contributed by atoms with Crippen molar-refractivity contribution in [3.05, 3.63) is 0 Å². The second kappa shape index (κ2) is 6.37. The number of carbonyl (C=O) groups is 2. The van der Waals surface area contributed by atoms with Crippen LogP contribution in [0.1, 0.15) is 47.0 Å². The summed E-state index contributed by atoms with van der Waals surface area (Å²) in [5.74, 6) is -0.123. The van der Waals surface area contributed by atoms with Gasteiger partial charge in [0.25, 0.3) is 0 Å². The molecule has 1 heterocycles. The predicted octanol–water partition coefficient (Wildman–Crippen LogP) is 0.877. The molecule has 0 radical (unpaired) electrons. The number of nitrogens with zero attached hydrogens (tertiary/aromatic N) is 1. The largest absolute Gasteiger partial charge is 0.344 e. The second-order valence-electron chi connectivity index (χ2n) is 6.36. The van der Waals surface area contributed by atoms with Crippen LogP contribution in [0.4, 0.5) is 0 Å². The molecule has 0 aromatic carbocycles. The molecule has 0 aromatic rings. The van der Waals surface area contributed by atoms with Crippen LogP contribution in [0.3, 0.4) is 0 Å². The smallest absolute Gasteiger partial charge is 0.245 e. The molecule has 0 saturated carbocycles. The molecule has 0 aromatic heterocycles. The molecule has 110 valence electrons. The average Bonchev–Trinajstić information content (AvgIpc) is 2.36. The first-order chi connectivity index (χ1) is 8.77. The number of carbonyl (C=O) groups excluding carboxylic acids is 2. The van der Waals surface area contributed by atoms with Crippen molar-refractivity contribution in [2.75, 3.05) is 13.1 Å². The van der Waals surface area contributed by atoms with E-state index in [0.29, 0.717) is 6.54 Å². The molecule has 0 bridgehead atoms. The molecule has 1 saturated heterocycles. The molecule has 5 nitrogen and oxygen atoms in total. The Kier molecular flexibility index (Phi) is 5.35. The lowest BCUT2D eigenvalue weighted by Gasteiger charge is -2.37. The van der Waals surface area contributed by atoms with Gasteiger partial charge in [0.05, 0.1) is 0 Å². The van der Waals surface area contributed by atoms with Crippen LogP contribution >= 0.6 is 0 Å². The fraction of sp³-hybridized carbons (Fsp3) is 0.857. The summed E-state index contributed by atoms with van der Waals surface area (Å²) in [6.07, 6.45) is 3.10. The fourth-order valence-corrected chi connectivity index (χ4v) is 2.26. The highest BCUT2D eigenvalue weighted by molar-refractivity contribution is 5.89.